The van der Waals surface area contributed by atoms with Gasteiger partial charge < -0.3 is 15.5 Å². The van der Waals surface area contributed by atoms with Crippen molar-refractivity contribution in [3.05, 3.63) is 59.2 Å². The summed E-state index contributed by atoms with van der Waals surface area (Å²) in [6.45, 7) is 1.96. The number of carbonyl (C=O) groups excluding carboxylic acids is 1. The van der Waals surface area contributed by atoms with Crippen molar-refractivity contribution in [3.8, 4) is 5.75 Å². The topological polar surface area (TPSA) is 69.6 Å². The Morgan fingerprint density at radius 1 is 1.15 bits per heavy atom. The number of hydrogen-bond acceptors (Lipinski definition) is 3. The average molecular weight is 271 g/mol. The van der Waals surface area contributed by atoms with E-state index in [0.29, 0.717) is 12.1 Å². The summed E-state index contributed by atoms with van der Waals surface area (Å²) in [7, 11) is 0. The number of amides is 1. The summed E-state index contributed by atoms with van der Waals surface area (Å²) in [5, 5.41) is 21.3. The minimum absolute atomic E-state index is 0.0370. The van der Waals surface area contributed by atoms with Crippen molar-refractivity contribution in [1.29, 1.82) is 0 Å². The molecule has 3 N–H and O–H groups in total. The number of aliphatic hydroxyl groups is 1. The lowest BCUT2D eigenvalue weighted by atomic mass is 10.1. The molecule has 0 bridgehead atoms. The molecule has 20 heavy (non-hydrogen) atoms. The molecule has 0 atom stereocenters. The fourth-order valence-electron chi connectivity index (χ4n) is 1.91. The number of nitrogens with one attached hydrogen (secondary N) is 1. The van der Waals surface area contributed by atoms with Gasteiger partial charge in [-0.3, -0.25) is 4.79 Å². The highest BCUT2D eigenvalue weighted by Crippen LogP contribution is 2.20. The van der Waals surface area contributed by atoms with Crippen LogP contribution in [0.5, 0.6) is 5.75 Å². The molecule has 2 rings (SSSR count). The lowest BCUT2D eigenvalue weighted by Gasteiger charge is -2.08. The summed E-state index contributed by atoms with van der Waals surface area (Å²) in [5.74, 6) is -0.383. The molecule has 1 amide bonds. The molecule has 0 saturated heterocycles. The highest BCUT2D eigenvalue weighted by Gasteiger charge is 2.11. The molecule has 0 saturated carbocycles. The summed E-state index contributed by atoms with van der Waals surface area (Å²) in [6, 6.07) is 12.1. The molecule has 0 unspecified atom stereocenters. The van der Waals surface area contributed by atoms with Crippen LogP contribution in [0.3, 0.4) is 0 Å². The van der Waals surface area contributed by atoms with E-state index in [1.165, 1.54) is 6.07 Å². The number of aromatic hydroxyl groups is 1. The van der Waals surface area contributed by atoms with Gasteiger partial charge in [0.2, 0.25) is 0 Å². The number of aryl methyl sites for hydroxylation is 1. The van der Waals surface area contributed by atoms with Gasteiger partial charge in [-0.05, 0) is 43.2 Å². The Labute approximate surface area is 117 Å². The molecule has 2 aromatic rings. The molecular weight excluding hydrogens is 254 g/mol. The molecule has 104 valence electrons. The smallest absolute Gasteiger partial charge is 0.259 e. The van der Waals surface area contributed by atoms with E-state index < -0.39 is 0 Å². The Hall–Kier alpha value is -2.33. The van der Waals surface area contributed by atoms with Gasteiger partial charge in [0.05, 0.1) is 5.56 Å². The second-order valence-corrected chi connectivity index (χ2v) is 4.65. The van der Waals surface area contributed by atoms with E-state index in [9.17, 15) is 9.90 Å². The van der Waals surface area contributed by atoms with Gasteiger partial charge in [-0.1, -0.05) is 23.8 Å². The molecule has 0 heterocycles. The van der Waals surface area contributed by atoms with E-state index in [0.717, 1.165) is 11.1 Å². The molecule has 0 aliphatic rings. The number of phenolic OH excluding ortho intramolecular Hbond substituents is 1. The third kappa shape index (κ3) is 3.36. The SMILES string of the molecule is Cc1ccc(O)c(C(=O)Nc2ccc(CCO)cc2)c1. The molecule has 4 nitrogen and oxygen atoms in total. The first-order chi connectivity index (χ1) is 9.60. The largest absolute Gasteiger partial charge is 0.507 e. The number of anilines is 1. The van der Waals surface area contributed by atoms with Crippen molar-refractivity contribution < 1.29 is 15.0 Å². The minimum Gasteiger partial charge on any atom is -0.507 e. The molecule has 0 radical (unpaired) electrons. The summed E-state index contributed by atoms with van der Waals surface area (Å²) < 4.78 is 0. The fourth-order valence-corrected chi connectivity index (χ4v) is 1.91. The minimum atomic E-state index is -0.346. The first kappa shape index (κ1) is 14.1. The first-order valence-corrected chi connectivity index (χ1v) is 6.41. The molecule has 4 heteroatoms. The van der Waals surface area contributed by atoms with Gasteiger partial charge >= 0.3 is 0 Å². The number of carbonyl (C=O) groups is 1. The Morgan fingerprint density at radius 3 is 2.50 bits per heavy atom. The van der Waals surface area contributed by atoms with E-state index in [4.69, 9.17) is 5.11 Å². The normalized spacial score (nSPS) is 10.3. The third-order valence-corrected chi connectivity index (χ3v) is 3.01. The van der Waals surface area contributed by atoms with Crippen molar-refractivity contribution in [2.45, 2.75) is 13.3 Å². The van der Waals surface area contributed by atoms with Crippen LogP contribution in [0.25, 0.3) is 0 Å². The van der Waals surface area contributed by atoms with E-state index in [1.54, 1.807) is 24.3 Å². The second-order valence-electron chi connectivity index (χ2n) is 4.65. The van der Waals surface area contributed by atoms with Crippen LogP contribution < -0.4 is 5.32 Å². The zero-order chi connectivity index (χ0) is 14.5. The second kappa shape index (κ2) is 6.21. The van der Waals surface area contributed by atoms with Gasteiger partial charge in [0.1, 0.15) is 5.75 Å². The molecule has 0 aliphatic carbocycles. The van der Waals surface area contributed by atoms with Crippen LogP contribution in [-0.4, -0.2) is 22.7 Å². The Morgan fingerprint density at radius 2 is 1.85 bits per heavy atom. The predicted molar refractivity (Wildman–Crippen MR) is 78.0 cm³/mol. The van der Waals surface area contributed by atoms with Crippen molar-refractivity contribution in [3.63, 3.8) is 0 Å². The van der Waals surface area contributed by atoms with Crippen LogP contribution in [0.4, 0.5) is 5.69 Å². The van der Waals surface area contributed by atoms with Crippen LogP contribution in [0.2, 0.25) is 0 Å². The van der Waals surface area contributed by atoms with Crippen LogP contribution >= 0.6 is 0 Å². The van der Waals surface area contributed by atoms with Crippen LogP contribution in [0.1, 0.15) is 21.5 Å². The third-order valence-electron chi connectivity index (χ3n) is 3.01. The maximum absolute atomic E-state index is 12.1. The quantitative estimate of drug-likeness (QED) is 0.800. The maximum atomic E-state index is 12.1. The summed E-state index contributed by atoms with van der Waals surface area (Å²) >= 11 is 0. The standard InChI is InChI=1S/C16H17NO3/c1-11-2-7-15(19)14(10-11)16(20)17-13-5-3-12(4-6-13)8-9-18/h2-7,10,18-19H,8-9H2,1H3,(H,17,20). The number of hydrogen-bond donors (Lipinski definition) is 3. The predicted octanol–water partition coefficient (Wildman–Crippen LogP) is 2.49. The van der Waals surface area contributed by atoms with E-state index in [1.807, 2.05) is 19.1 Å². The van der Waals surface area contributed by atoms with Crippen molar-refractivity contribution in [1.82, 2.24) is 0 Å². The van der Waals surface area contributed by atoms with Gasteiger partial charge in [0, 0.05) is 12.3 Å². The van der Waals surface area contributed by atoms with Gasteiger partial charge in [-0.25, -0.2) is 0 Å². The Bertz CT molecular complexity index is 606. The average Bonchev–Trinajstić information content (AvgIpc) is 2.44. The van der Waals surface area contributed by atoms with Gasteiger partial charge in [0.25, 0.3) is 5.91 Å². The molecular formula is C16H17NO3. The van der Waals surface area contributed by atoms with E-state index in [2.05, 4.69) is 5.32 Å². The van der Waals surface area contributed by atoms with Crippen molar-refractivity contribution in [2.24, 2.45) is 0 Å². The van der Waals surface area contributed by atoms with Crippen LogP contribution in [0.15, 0.2) is 42.5 Å². The van der Waals surface area contributed by atoms with Crippen LogP contribution in [-0.2, 0) is 6.42 Å². The highest BCUT2D eigenvalue weighted by molar-refractivity contribution is 6.06. The van der Waals surface area contributed by atoms with Crippen molar-refractivity contribution in [2.75, 3.05) is 11.9 Å². The molecule has 0 spiro atoms. The Kier molecular flexibility index (Phi) is 4.38. The zero-order valence-electron chi connectivity index (χ0n) is 11.3. The monoisotopic (exact) mass is 271 g/mol. The van der Waals surface area contributed by atoms with E-state index >= 15 is 0 Å². The van der Waals surface area contributed by atoms with Gasteiger partial charge in [0.15, 0.2) is 0 Å². The molecule has 0 aromatic heterocycles. The maximum Gasteiger partial charge on any atom is 0.259 e. The number of benzene rings is 2. The molecule has 2 aromatic carbocycles. The lowest BCUT2D eigenvalue weighted by Crippen LogP contribution is -2.12. The van der Waals surface area contributed by atoms with E-state index in [-0.39, 0.29) is 23.8 Å². The number of phenols is 1. The highest BCUT2D eigenvalue weighted by atomic mass is 16.3. The Balaban J connectivity index is 2.13. The van der Waals surface area contributed by atoms with Gasteiger partial charge in [-0.2, -0.15) is 0 Å². The number of rotatable bonds is 4. The molecule has 0 fully saturated rings. The van der Waals surface area contributed by atoms with Crippen LogP contribution in [0, 0.1) is 6.92 Å². The summed E-state index contributed by atoms with van der Waals surface area (Å²) in [6.07, 6.45) is 0.590. The fraction of sp³-hybridized carbons (Fsp3) is 0.188. The zero-order valence-corrected chi connectivity index (χ0v) is 11.3. The lowest BCUT2D eigenvalue weighted by molar-refractivity contribution is 0.102. The molecule has 0 aliphatic heterocycles. The first-order valence-electron chi connectivity index (χ1n) is 6.41. The summed E-state index contributed by atoms with van der Waals surface area (Å²) in [4.78, 5) is 12.1. The van der Waals surface area contributed by atoms with Gasteiger partial charge in [-0.15, -0.1) is 0 Å². The summed E-state index contributed by atoms with van der Waals surface area (Å²) in [5.41, 5.74) is 2.82. The van der Waals surface area contributed by atoms with Crippen molar-refractivity contribution >= 4 is 11.6 Å². The number of aliphatic hydroxyl groups excluding tert-OH is 1.